The summed E-state index contributed by atoms with van der Waals surface area (Å²) < 4.78 is 1.75. The standard InChI is InChI=1S/C20H17Cl3N6O4S/c1-2-28-17(9-24-19(31)13-5-3-11(21)7-15(13)23)26-27-20(28)34-10-18(30)25-16-8-12(29(32)33)4-6-14(16)22/h3-8H,2,9-10H2,1H3,(H,24,31)(H,25,30). The molecule has 0 spiro atoms. The van der Waals surface area contributed by atoms with Crippen molar-refractivity contribution < 1.29 is 14.5 Å². The molecule has 3 rings (SSSR count). The number of anilines is 1. The van der Waals surface area contributed by atoms with Crippen molar-refractivity contribution in [2.75, 3.05) is 11.1 Å². The van der Waals surface area contributed by atoms with Gasteiger partial charge in [0.05, 0.1) is 38.5 Å². The van der Waals surface area contributed by atoms with Crippen LogP contribution in [0.15, 0.2) is 41.6 Å². The molecular weight excluding hydrogens is 527 g/mol. The zero-order valence-corrected chi connectivity index (χ0v) is 20.6. The van der Waals surface area contributed by atoms with Gasteiger partial charge in [-0.1, -0.05) is 46.6 Å². The molecule has 0 aliphatic heterocycles. The largest absolute Gasteiger partial charge is 0.345 e. The third-order valence-corrected chi connectivity index (χ3v) is 6.30. The van der Waals surface area contributed by atoms with Gasteiger partial charge in [0.1, 0.15) is 0 Å². The maximum Gasteiger partial charge on any atom is 0.271 e. The molecule has 2 N–H and O–H groups in total. The topological polar surface area (TPSA) is 132 Å². The minimum absolute atomic E-state index is 0.0378. The number of non-ortho nitro benzene ring substituents is 1. The number of carbonyl (C=O) groups excluding carboxylic acids is 2. The Labute approximate surface area is 213 Å². The van der Waals surface area contributed by atoms with E-state index in [1.54, 1.807) is 10.6 Å². The first-order valence-electron chi connectivity index (χ1n) is 9.71. The summed E-state index contributed by atoms with van der Waals surface area (Å²) in [6, 6.07) is 8.35. The van der Waals surface area contributed by atoms with Crippen molar-refractivity contribution in [3.63, 3.8) is 0 Å². The van der Waals surface area contributed by atoms with Gasteiger partial charge in [-0.3, -0.25) is 19.7 Å². The van der Waals surface area contributed by atoms with Crippen molar-refractivity contribution in [1.29, 1.82) is 0 Å². The molecule has 2 aromatic carbocycles. The highest BCUT2D eigenvalue weighted by Gasteiger charge is 2.17. The lowest BCUT2D eigenvalue weighted by Gasteiger charge is -2.10. The predicted octanol–water partition coefficient (Wildman–Crippen LogP) is 4.83. The molecule has 0 bridgehead atoms. The van der Waals surface area contributed by atoms with Crippen LogP contribution in [0.2, 0.25) is 15.1 Å². The zero-order chi connectivity index (χ0) is 24.8. The van der Waals surface area contributed by atoms with Crippen molar-refractivity contribution in [2.45, 2.75) is 25.2 Å². The normalized spacial score (nSPS) is 10.7. The molecule has 0 saturated heterocycles. The maximum atomic E-state index is 12.4. The summed E-state index contributed by atoms with van der Waals surface area (Å²) in [6.07, 6.45) is 0. The molecule has 178 valence electrons. The fourth-order valence-corrected chi connectivity index (χ4v) is 4.32. The lowest BCUT2D eigenvalue weighted by molar-refractivity contribution is -0.384. The van der Waals surface area contributed by atoms with Crippen LogP contribution in [0.25, 0.3) is 0 Å². The van der Waals surface area contributed by atoms with Crippen LogP contribution < -0.4 is 10.6 Å². The number of aromatic nitrogens is 3. The highest BCUT2D eigenvalue weighted by atomic mass is 35.5. The summed E-state index contributed by atoms with van der Waals surface area (Å²) in [7, 11) is 0. The van der Waals surface area contributed by atoms with Gasteiger partial charge in [-0.25, -0.2) is 0 Å². The van der Waals surface area contributed by atoms with E-state index in [1.165, 1.54) is 30.3 Å². The second-order valence-electron chi connectivity index (χ2n) is 6.71. The van der Waals surface area contributed by atoms with Crippen LogP contribution in [-0.2, 0) is 17.9 Å². The Bertz CT molecular complexity index is 1250. The van der Waals surface area contributed by atoms with E-state index in [2.05, 4.69) is 20.8 Å². The number of rotatable bonds is 9. The summed E-state index contributed by atoms with van der Waals surface area (Å²) in [5.74, 6) is -0.366. The number of nitro groups is 1. The molecule has 2 amide bonds. The smallest absolute Gasteiger partial charge is 0.271 e. The number of thioether (sulfide) groups is 1. The summed E-state index contributed by atoms with van der Waals surface area (Å²) in [5.41, 5.74) is 0.229. The van der Waals surface area contributed by atoms with E-state index in [1.807, 2.05) is 6.92 Å². The average Bonchev–Trinajstić information content (AvgIpc) is 3.19. The first kappa shape index (κ1) is 25.8. The highest BCUT2D eigenvalue weighted by Crippen LogP contribution is 2.27. The summed E-state index contributed by atoms with van der Waals surface area (Å²) >= 11 is 19.1. The molecule has 1 aromatic heterocycles. The van der Waals surface area contributed by atoms with Gasteiger partial charge >= 0.3 is 0 Å². The molecule has 14 heteroatoms. The molecule has 1 heterocycles. The van der Waals surface area contributed by atoms with Crippen molar-refractivity contribution in [3.05, 3.63) is 73.0 Å². The first-order chi connectivity index (χ1) is 16.2. The lowest BCUT2D eigenvalue weighted by Crippen LogP contribution is -2.25. The Morgan fingerprint density at radius 1 is 1.12 bits per heavy atom. The lowest BCUT2D eigenvalue weighted by atomic mass is 10.2. The molecule has 3 aromatic rings. The van der Waals surface area contributed by atoms with Crippen LogP contribution in [0.5, 0.6) is 0 Å². The van der Waals surface area contributed by atoms with Gasteiger partial charge in [-0.05, 0) is 31.2 Å². The van der Waals surface area contributed by atoms with Crippen molar-refractivity contribution in [1.82, 2.24) is 20.1 Å². The summed E-state index contributed by atoms with van der Waals surface area (Å²) in [4.78, 5) is 35.1. The van der Waals surface area contributed by atoms with E-state index in [-0.39, 0.29) is 39.3 Å². The Morgan fingerprint density at radius 2 is 1.88 bits per heavy atom. The minimum Gasteiger partial charge on any atom is -0.345 e. The Kier molecular flexibility index (Phi) is 8.72. The van der Waals surface area contributed by atoms with E-state index in [9.17, 15) is 19.7 Å². The molecule has 0 unspecified atom stereocenters. The van der Waals surface area contributed by atoms with Crippen molar-refractivity contribution >= 4 is 69.8 Å². The fraction of sp³-hybridized carbons (Fsp3) is 0.200. The molecular formula is C20H17Cl3N6O4S. The number of hydrogen-bond donors (Lipinski definition) is 2. The summed E-state index contributed by atoms with van der Waals surface area (Å²) in [5, 5.41) is 25.7. The monoisotopic (exact) mass is 542 g/mol. The maximum absolute atomic E-state index is 12.4. The van der Waals surface area contributed by atoms with Crippen molar-refractivity contribution in [3.8, 4) is 0 Å². The van der Waals surface area contributed by atoms with Crippen LogP contribution >= 0.6 is 46.6 Å². The second-order valence-corrected chi connectivity index (χ2v) is 8.90. The van der Waals surface area contributed by atoms with Gasteiger partial charge in [0.2, 0.25) is 5.91 Å². The van der Waals surface area contributed by atoms with Gasteiger partial charge in [0.25, 0.3) is 11.6 Å². The molecule has 0 atom stereocenters. The van der Waals surface area contributed by atoms with E-state index in [4.69, 9.17) is 34.8 Å². The number of nitro benzene ring substituents is 1. The Balaban J connectivity index is 1.61. The van der Waals surface area contributed by atoms with Gasteiger partial charge in [0.15, 0.2) is 11.0 Å². The minimum atomic E-state index is -0.578. The number of amides is 2. The average molecular weight is 544 g/mol. The highest BCUT2D eigenvalue weighted by molar-refractivity contribution is 7.99. The number of carbonyl (C=O) groups is 2. The number of nitrogens with zero attached hydrogens (tertiary/aromatic N) is 4. The van der Waals surface area contributed by atoms with E-state index < -0.39 is 16.7 Å². The van der Waals surface area contributed by atoms with Crippen LogP contribution in [0.1, 0.15) is 23.1 Å². The molecule has 0 fully saturated rings. The van der Waals surface area contributed by atoms with Crippen LogP contribution in [0.3, 0.4) is 0 Å². The van der Waals surface area contributed by atoms with Gasteiger partial charge in [0, 0.05) is 23.7 Å². The quantitative estimate of drug-likeness (QED) is 0.224. The van der Waals surface area contributed by atoms with E-state index in [0.717, 1.165) is 11.8 Å². The molecule has 0 saturated carbocycles. The number of benzene rings is 2. The number of halogens is 3. The van der Waals surface area contributed by atoms with E-state index >= 15 is 0 Å². The zero-order valence-electron chi connectivity index (χ0n) is 17.5. The second kappa shape index (κ2) is 11.5. The van der Waals surface area contributed by atoms with Crippen molar-refractivity contribution in [2.24, 2.45) is 0 Å². The predicted molar refractivity (Wildman–Crippen MR) is 131 cm³/mol. The van der Waals surface area contributed by atoms with E-state index in [0.29, 0.717) is 22.5 Å². The van der Waals surface area contributed by atoms with Crippen LogP contribution in [-0.4, -0.2) is 37.3 Å². The third-order valence-electron chi connectivity index (χ3n) is 4.46. The molecule has 0 aliphatic rings. The van der Waals surface area contributed by atoms with Crippen LogP contribution in [0, 0.1) is 10.1 Å². The third kappa shape index (κ3) is 6.38. The molecule has 34 heavy (non-hydrogen) atoms. The molecule has 0 radical (unpaired) electrons. The fourth-order valence-electron chi connectivity index (χ4n) is 2.84. The molecule has 10 nitrogen and oxygen atoms in total. The Hall–Kier alpha value is -2.86. The molecule has 0 aliphatic carbocycles. The first-order valence-corrected chi connectivity index (χ1v) is 11.8. The number of nitrogens with one attached hydrogen (secondary N) is 2. The van der Waals surface area contributed by atoms with Gasteiger partial charge < -0.3 is 15.2 Å². The summed E-state index contributed by atoms with van der Waals surface area (Å²) in [6.45, 7) is 2.47. The SMILES string of the molecule is CCn1c(CNC(=O)c2ccc(Cl)cc2Cl)nnc1SCC(=O)Nc1cc([N+](=O)[O-])ccc1Cl. The van der Waals surface area contributed by atoms with Crippen LogP contribution in [0.4, 0.5) is 11.4 Å². The Morgan fingerprint density at radius 3 is 2.56 bits per heavy atom. The van der Waals surface area contributed by atoms with Gasteiger partial charge in [-0.2, -0.15) is 0 Å². The number of hydrogen-bond acceptors (Lipinski definition) is 7. The van der Waals surface area contributed by atoms with Gasteiger partial charge in [-0.15, -0.1) is 10.2 Å².